The average molecular weight is 250 g/mol. The number of carbonyl (C=O) groups is 2. The molecule has 5 heteroatoms. The lowest BCUT2D eigenvalue weighted by Gasteiger charge is -2.10. The maximum absolute atomic E-state index is 11.5. The van der Waals surface area contributed by atoms with Crippen molar-refractivity contribution in [2.45, 2.75) is 32.4 Å². The number of hydrogen-bond donors (Lipinski definition) is 3. The summed E-state index contributed by atoms with van der Waals surface area (Å²) < 4.78 is 0. The van der Waals surface area contributed by atoms with Crippen LogP contribution in [-0.4, -0.2) is 23.0 Å². The molecule has 1 unspecified atom stereocenters. The van der Waals surface area contributed by atoms with Crippen LogP contribution < -0.4 is 11.1 Å². The van der Waals surface area contributed by atoms with E-state index in [-0.39, 0.29) is 6.42 Å². The van der Waals surface area contributed by atoms with Gasteiger partial charge in [0, 0.05) is 6.54 Å². The molecule has 4 N–H and O–H groups in total. The maximum Gasteiger partial charge on any atom is 0.305 e. The molecule has 0 heterocycles. The average Bonchev–Trinajstić information content (AvgIpc) is 2.35. The first kappa shape index (κ1) is 14.2. The third-order valence-corrected chi connectivity index (χ3v) is 2.63. The van der Waals surface area contributed by atoms with Gasteiger partial charge in [-0.05, 0) is 17.5 Å². The van der Waals surface area contributed by atoms with Crippen LogP contribution in [0, 0.1) is 0 Å². The molecule has 1 atom stereocenters. The second-order valence-electron chi connectivity index (χ2n) is 4.09. The number of benzene rings is 1. The summed E-state index contributed by atoms with van der Waals surface area (Å²) in [6.07, 6.45) is 0.608. The molecule has 0 aromatic heterocycles. The highest BCUT2D eigenvalue weighted by atomic mass is 16.4. The van der Waals surface area contributed by atoms with Crippen LogP contribution in [0.1, 0.15) is 24.5 Å². The van der Waals surface area contributed by atoms with Crippen molar-refractivity contribution in [3.63, 3.8) is 0 Å². The standard InChI is InChI=1S/C13H18N2O3/c1-2-9-3-5-10(6-4-9)8-15-13(18)11(14)7-12(16)17/h3-6,11H,2,7-8,14H2,1H3,(H,15,18)(H,16,17). The van der Waals surface area contributed by atoms with E-state index in [0.29, 0.717) is 6.54 Å². The first-order valence-electron chi connectivity index (χ1n) is 5.85. The van der Waals surface area contributed by atoms with E-state index < -0.39 is 17.9 Å². The van der Waals surface area contributed by atoms with Gasteiger partial charge < -0.3 is 16.2 Å². The van der Waals surface area contributed by atoms with Crippen molar-refractivity contribution in [2.75, 3.05) is 0 Å². The fourth-order valence-electron chi connectivity index (χ4n) is 1.49. The molecule has 0 bridgehead atoms. The van der Waals surface area contributed by atoms with Gasteiger partial charge in [0.1, 0.15) is 0 Å². The maximum atomic E-state index is 11.5. The molecule has 0 saturated carbocycles. The molecule has 1 aromatic rings. The molecule has 1 aromatic carbocycles. The van der Waals surface area contributed by atoms with Crippen molar-refractivity contribution in [2.24, 2.45) is 5.73 Å². The van der Waals surface area contributed by atoms with E-state index in [1.54, 1.807) is 0 Å². The smallest absolute Gasteiger partial charge is 0.305 e. The highest BCUT2D eigenvalue weighted by Gasteiger charge is 2.16. The Bertz CT molecular complexity index is 415. The van der Waals surface area contributed by atoms with E-state index >= 15 is 0 Å². The summed E-state index contributed by atoms with van der Waals surface area (Å²) >= 11 is 0. The SMILES string of the molecule is CCc1ccc(CNC(=O)C(N)CC(=O)O)cc1. The van der Waals surface area contributed by atoms with Gasteiger partial charge in [-0.1, -0.05) is 31.2 Å². The molecule has 1 rings (SSSR count). The van der Waals surface area contributed by atoms with E-state index in [1.807, 2.05) is 24.3 Å². The van der Waals surface area contributed by atoms with Gasteiger partial charge in [0.2, 0.25) is 5.91 Å². The number of amides is 1. The molecule has 0 radical (unpaired) electrons. The highest BCUT2D eigenvalue weighted by Crippen LogP contribution is 2.04. The molecule has 0 spiro atoms. The Hall–Kier alpha value is -1.88. The van der Waals surface area contributed by atoms with Gasteiger partial charge in [-0.2, -0.15) is 0 Å². The van der Waals surface area contributed by atoms with Crippen LogP contribution in [0.4, 0.5) is 0 Å². The van der Waals surface area contributed by atoms with E-state index in [0.717, 1.165) is 12.0 Å². The number of nitrogens with two attached hydrogens (primary N) is 1. The summed E-state index contributed by atoms with van der Waals surface area (Å²) in [5, 5.41) is 11.1. The van der Waals surface area contributed by atoms with Crippen molar-refractivity contribution >= 4 is 11.9 Å². The van der Waals surface area contributed by atoms with E-state index in [2.05, 4.69) is 12.2 Å². The first-order chi connectivity index (χ1) is 8.52. The Morgan fingerprint density at radius 2 is 1.83 bits per heavy atom. The summed E-state index contributed by atoms with van der Waals surface area (Å²) in [6.45, 7) is 2.43. The van der Waals surface area contributed by atoms with Crippen LogP contribution in [0.2, 0.25) is 0 Å². The number of carboxylic acid groups (broad SMARTS) is 1. The van der Waals surface area contributed by atoms with E-state index in [9.17, 15) is 9.59 Å². The Balaban J connectivity index is 2.44. The van der Waals surface area contributed by atoms with Crippen LogP contribution in [0.5, 0.6) is 0 Å². The Morgan fingerprint density at radius 3 is 2.33 bits per heavy atom. The Labute approximate surface area is 106 Å². The molecule has 98 valence electrons. The van der Waals surface area contributed by atoms with E-state index in [4.69, 9.17) is 10.8 Å². The van der Waals surface area contributed by atoms with Gasteiger partial charge >= 0.3 is 5.97 Å². The Morgan fingerprint density at radius 1 is 1.28 bits per heavy atom. The normalized spacial score (nSPS) is 11.9. The largest absolute Gasteiger partial charge is 0.481 e. The lowest BCUT2D eigenvalue weighted by atomic mass is 10.1. The molecule has 0 aliphatic heterocycles. The van der Waals surface area contributed by atoms with Gasteiger partial charge in [-0.25, -0.2) is 0 Å². The summed E-state index contributed by atoms with van der Waals surface area (Å²) in [6, 6.07) is 6.86. The second kappa shape index (κ2) is 6.76. The molecule has 0 saturated heterocycles. The third kappa shape index (κ3) is 4.55. The minimum atomic E-state index is -1.08. The van der Waals surface area contributed by atoms with Crippen molar-refractivity contribution in [1.29, 1.82) is 0 Å². The molecule has 18 heavy (non-hydrogen) atoms. The van der Waals surface area contributed by atoms with Crippen LogP contribution in [-0.2, 0) is 22.6 Å². The zero-order chi connectivity index (χ0) is 13.5. The summed E-state index contributed by atoms with van der Waals surface area (Å²) in [5.74, 6) is -1.53. The topological polar surface area (TPSA) is 92.4 Å². The van der Waals surface area contributed by atoms with Crippen molar-refractivity contribution < 1.29 is 14.7 Å². The number of hydrogen-bond acceptors (Lipinski definition) is 3. The predicted molar refractivity (Wildman–Crippen MR) is 67.9 cm³/mol. The number of carboxylic acids is 1. The molecule has 0 aliphatic rings. The number of aryl methyl sites for hydroxylation is 1. The lowest BCUT2D eigenvalue weighted by Crippen LogP contribution is -2.41. The summed E-state index contributed by atoms with van der Waals surface area (Å²) in [5.41, 5.74) is 7.63. The van der Waals surface area contributed by atoms with Crippen LogP contribution in [0.15, 0.2) is 24.3 Å². The number of nitrogens with one attached hydrogen (secondary N) is 1. The molecular formula is C13H18N2O3. The van der Waals surface area contributed by atoms with Crippen LogP contribution >= 0.6 is 0 Å². The molecule has 1 amide bonds. The van der Waals surface area contributed by atoms with Crippen LogP contribution in [0.25, 0.3) is 0 Å². The number of aliphatic carboxylic acids is 1. The fraction of sp³-hybridized carbons (Fsp3) is 0.385. The van der Waals surface area contributed by atoms with Gasteiger partial charge in [-0.3, -0.25) is 9.59 Å². The number of carbonyl (C=O) groups excluding carboxylic acids is 1. The lowest BCUT2D eigenvalue weighted by molar-refractivity contribution is -0.139. The van der Waals surface area contributed by atoms with Crippen LogP contribution in [0.3, 0.4) is 0 Å². The van der Waals surface area contributed by atoms with Crippen molar-refractivity contribution in [1.82, 2.24) is 5.32 Å². The quantitative estimate of drug-likeness (QED) is 0.691. The zero-order valence-corrected chi connectivity index (χ0v) is 10.3. The highest BCUT2D eigenvalue weighted by molar-refractivity contribution is 5.85. The molecule has 0 aliphatic carbocycles. The fourth-order valence-corrected chi connectivity index (χ4v) is 1.49. The minimum Gasteiger partial charge on any atom is -0.481 e. The van der Waals surface area contributed by atoms with Gasteiger partial charge in [0.05, 0.1) is 12.5 Å². The molecular weight excluding hydrogens is 232 g/mol. The monoisotopic (exact) mass is 250 g/mol. The van der Waals surface area contributed by atoms with Crippen molar-refractivity contribution in [3.8, 4) is 0 Å². The zero-order valence-electron chi connectivity index (χ0n) is 10.3. The van der Waals surface area contributed by atoms with Gasteiger partial charge in [0.25, 0.3) is 0 Å². The summed E-state index contributed by atoms with van der Waals surface area (Å²) in [4.78, 5) is 21.9. The Kier molecular flexibility index (Phi) is 5.32. The van der Waals surface area contributed by atoms with E-state index in [1.165, 1.54) is 5.56 Å². The number of rotatable bonds is 6. The van der Waals surface area contributed by atoms with Crippen molar-refractivity contribution in [3.05, 3.63) is 35.4 Å². The second-order valence-corrected chi connectivity index (χ2v) is 4.09. The minimum absolute atomic E-state index is 0.357. The predicted octanol–water partition coefficient (Wildman–Crippen LogP) is 0.667. The third-order valence-electron chi connectivity index (χ3n) is 2.63. The molecule has 5 nitrogen and oxygen atoms in total. The first-order valence-corrected chi connectivity index (χ1v) is 5.85. The molecule has 0 fully saturated rings. The van der Waals surface area contributed by atoms with Gasteiger partial charge in [0.15, 0.2) is 0 Å². The summed E-state index contributed by atoms with van der Waals surface area (Å²) in [7, 11) is 0. The van der Waals surface area contributed by atoms with Gasteiger partial charge in [-0.15, -0.1) is 0 Å².